The van der Waals surface area contributed by atoms with E-state index in [4.69, 9.17) is 5.73 Å². The summed E-state index contributed by atoms with van der Waals surface area (Å²) in [5, 5.41) is 39.2. The van der Waals surface area contributed by atoms with Crippen molar-refractivity contribution in [2.75, 3.05) is 21.1 Å². The number of amides is 1. The summed E-state index contributed by atoms with van der Waals surface area (Å²) in [4.78, 5) is 52.1. The highest BCUT2D eigenvalue weighted by Crippen LogP contribution is 2.52. The summed E-state index contributed by atoms with van der Waals surface area (Å²) < 4.78 is 0. The number of aliphatic hydroxyl groups excluding tert-OH is 1. The van der Waals surface area contributed by atoms with Crippen LogP contribution >= 0.6 is 0 Å². The fourth-order valence-corrected chi connectivity index (χ4v) is 5.77. The number of rotatable bonds is 5. The number of hydrogen-bond donors (Lipinski definition) is 5. The summed E-state index contributed by atoms with van der Waals surface area (Å²) in [6.07, 6.45) is 0.290. The standard InChI is InChI=1S/C23H26N4O7/c1-25-8-9-4-5-13(28)15-11(9)6-10-7-12-18(27(2)3)17(26-34)16(22(24)32)21(31)23(12,33)20(30)14(10)19(15)29/h4-5,10,12,18,25,28,30,33H,6-8H2,1-3H3,(H2,24,32)/t10-,12-,18-,23-/m0/s1. The van der Waals surface area contributed by atoms with Crippen LogP contribution in [0.1, 0.15) is 27.9 Å². The van der Waals surface area contributed by atoms with Gasteiger partial charge in [-0.2, -0.15) is 0 Å². The number of nitroso groups, excluding NO2 is 1. The zero-order valence-electron chi connectivity index (χ0n) is 19.0. The van der Waals surface area contributed by atoms with E-state index in [0.29, 0.717) is 12.1 Å². The van der Waals surface area contributed by atoms with Crippen LogP contribution in [-0.2, 0) is 22.6 Å². The predicted octanol–water partition coefficient (Wildman–Crippen LogP) is 0.0484. The van der Waals surface area contributed by atoms with Crippen molar-refractivity contribution in [2.24, 2.45) is 22.7 Å². The van der Waals surface area contributed by atoms with Crippen molar-refractivity contribution in [3.05, 3.63) is 56.3 Å². The van der Waals surface area contributed by atoms with Gasteiger partial charge in [-0.15, -0.1) is 4.91 Å². The van der Waals surface area contributed by atoms with Crippen LogP contribution in [0.5, 0.6) is 5.75 Å². The first kappa shape index (κ1) is 23.7. The highest BCUT2D eigenvalue weighted by Gasteiger charge is 2.63. The van der Waals surface area contributed by atoms with Crippen molar-refractivity contribution in [1.82, 2.24) is 10.2 Å². The van der Waals surface area contributed by atoms with E-state index in [9.17, 15) is 34.6 Å². The molecular weight excluding hydrogens is 444 g/mol. The van der Waals surface area contributed by atoms with E-state index in [1.54, 1.807) is 27.2 Å². The molecule has 0 fully saturated rings. The average molecular weight is 470 g/mol. The van der Waals surface area contributed by atoms with Crippen LogP contribution in [0.25, 0.3) is 0 Å². The normalized spacial score (nSPS) is 28.6. The Morgan fingerprint density at radius 1 is 1.29 bits per heavy atom. The minimum absolute atomic E-state index is 0.000863. The van der Waals surface area contributed by atoms with E-state index < -0.39 is 58.0 Å². The van der Waals surface area contributed by atoms with E-state index >= 15 is 0 Å². The summed E-state index contributed by atoms with van der Waals surface area (Å²) >= 11 is 0. The van der Waals surface area contributed by atoms with Crippen LogP contribution in [0.2, 0.25) is 0 Å². The Bertz CT molecular complexity index is 1200. The molecule has 0 saturated carbocycles. The maximum atomic E-state index is 13.5. The Labute approximate surface area is 194 Å². The number of carbonyl (C=O) groups is 3. The van der Waals surface area contributed by atoms with Crippen molar-refractivity contribution >= 4 is 17.5 Å². The number of Topliss-reactive ketones (excluding diaryl/α,β-unsaturated/α-hetero) is 2. The third-order valence-electron chi connectivity index (χ3n) is 7.17. The summed E-state index contributed by atoms with van der Waals surface area (Å²) in [5.74, 6) is -6.10. The second-order valence-corrected chi connectivity index (χ2v) is 9.18. The number of nitrogens with one attached hydrogen (secondary N) is 1. The van der Waals surface area contributed by atoms with Gasteiger partial charge in [0, 0.05) is 18.0 Å². The second kappa shape index (κ2) is 8.12. The first-order chi connectivity index (χ1) is 16.0. The van der Waals surface area contributed by atoms with E-state index in [1.807, 2.05) is 0 Å². The molecule has 4 atom stereocenters. The lowest BCUT2D eigenvalue weighted by molar-refractivity contribution is -0.146. The number of phenolic OH excluding ortho intramolecular Hbond substituents is 1. The number of aliphatic hydroxyl groups is 2. The number of aromatic hydroxyl groups is 1. The van der Waals surface area contributed by atoms with Gasteiger partial charge in [0.25, 0.3) is 5.91 Å². The van der Waals surface area contributed by atoms with Crippen molar-refractivity contribution in [3.63, 3.8) is 0 Å². The third-order valence-corrected chi connectivity index (χ3v) is 7.17. The Kier molecular flexibility index (Phi) is 5.67. The Hall–Kier alpha value is -3.41. The smallest absolute Gasteiger partial charge is 0.254 e. The molecule has 1 amide bonds. The fourth-order valence-electron chi connectivity index (χ4n) is 5.77. The monoisotopic (exact) mass is 470 g/mol. The number of hydrogen-bond acceptors (Lipinski definition) is 10. The molecule has 11 heteroatoms. The third kappa shape index (κ3) is 3.04. The quantitative estimate of drug-likeness (QED) is 0.293. The molecule has 34 heavy (non-hydrogen) atoms. The summed E-state index contributed by atoms with van der Waals surface area (Å²) in [7, 11) is 4.89. The summed E-state index contributed by atoms with van der Waals surface area (Å²) in [5.41, 5.74) is 2.68. The Morgan fingerprint density at radius 2 is 1.97 bits per heavy atom. The zero-order valence-corrected chi connectivity index (χ0v) is 19.0. The molecule has 0 aliphatic heterocycles. The lowest BCUT2D eigenvalue weighted by Gasteiger charge is -2.50. The second-order valence-electron chi connectivity index (χ2n) is 9.18. The molecule has 0 bridgehead atoms. The van der Waals surface area contributed by atoms with Crippen molar-refractivity contribution in [2.45, 2.75) is 31.0 Å². The van der Waals surface area contributed by atoms with Crippen LogP contribution < -0.4 is 11.1 Å². The van der Waals surface area contributed by atoms with Gasteiger partial charge in [-0.3, -0.25) is 14.4 Å². The van der Waals surface area contributed by atoms with Crippen molar-refractivity contribution in [1.29, 1.82) is 0 Å². The van der Waals surface area contributed by atoms with Crippen LogP contribution in [-0.4, -0.2) is 70.5 Å². The maximum absolute atomic E-state index is 13.5. The molecule has 6 N–H and O–H groups in total. The topological polar surface area (TPSA) is 183 Å². The first-order valence-electron chi connectivity index (χ1n) is 10.8. The SMILES string of the molecule is CNCc1ccc(O)c2c1C[C@H]1C[C@H]3[C@H](N(C)C)C(N=O)=C(C(N)=O)C(=O)[C@@]3(O)C(O)=C1C2=O. The van der Waals surface area contributed by atoms with Crippen molar-refractivity contribution < 1.29 is 29.7 Å². The lowest BCUT2D eigenvalue weighted by Crippen LogP contribution is -2.63. The number of likely N-dealkylation sites (N-methyl/N-ethyl adjacent to an activating group) is 1. The molecule has 11 nitrogen and oxygen atoms in total. The maximum Gasteiger partial charge on any atom is 0.254 e. The fraction of sp³-hybridized carbons (Fsp3) is 0.435. The van der Waals surface area contributed by atoms with Gasteiger partial charge in [-0.1, -0.05) is 6.07 Å². The van der Waals surface area contributed by atoms with Crippen LogP contribution in [0.15, 0.2) is 39.9 Å². The van der Waals surface area contributed by atoms with Crippen LogP contribution in [0, 0.1) is 16.7 Å². The molecule has 1 aromatic carbocycles. The summed E-state index contributed by atoms with van der Waals surface area (Å²) in [6, 6.07) is 2.06. The van der Waals surface area contributed by atoms with Gasteiger partial charge in [0.15, 0.2) is 11.4 Å². The number of primary amides is 1. The number of nitrogens with two attached hydrogens (primary N) is 1. The first-order valence-corrected chi connectivity index (χ1v) is 10.8. The van der Waals surface area contributed by atoms with Gasteiger partial charge in [-0.05, 0) is 62.3 Å². The molecule has 3 aliphatic rings. The number of ketones is 2. The molecule has 0 spiro atoms. The summed E-state index contributed by atoms with van der Waals surface area (Å²) in [6.45, 7) is 0.434. The Morgan fingerprint density at radius 3 is 2.53 bits per heavy atom. The molecular formula is C23H26N4O7. The number of allylic oxidation sites excluding steroid dienone is 1. The van der Waals surface area contributed by atoms with Gasteiger partial charge >= 0.3 is 0 Å². The molecule has 0 unspecified atom stereocenters. The Balaban J connectivity index is 1.98. The van der Waals surface area contributed by atoms with Gasteiger partial charge in [0.2, 0.25) is 5.78 Å². The minimum Gasteiger partial charge on any atom is -0.508 e. The van der Waals surface area contributed by atoms with E-state index in [0.717, 1.165) is 5.56 Å². The molecule has 1 aromatic rings. The number of fused-ring (bicyclic) bond motifs is 3. The number of benzene rings is 1. The van der Waals surface area contributed by atoms with Crippen LogP contribution in [0.4, 0.5) is 0 Å². The molecule has 4 rings (SSSR count). The highest BCUT2D eigenvalue weighted by molar-refractivity contribution is 6.25. The van der Waals surface area contributed by atoms with Gasteiger partial charge < -0.3 is 31.3 Å². The van der Waals surface area contributed by atoms with E-state index in [-0.39, 0.29) is 29.7 Å². The largest absolute Gasteiger partial charge is 0.508 e. The highest BCUT2D eigenvalue weighted by atomic mass is 16.3. The predicted molar refractivity (Wildman–Crippen MR) is 120 cm³/mol. The number of nitrogens with zero attached hydrogens (tertiary/aromatic N) is 2. The van der Waals surface area contributed by atoms with Crippen LogP contribution in [0.3, 0.4) is 0 Å². The molecule has 0 aromatic heterocycles. The molecule has 0 radical (unpaired) electrons. The minimum atomic E-state index is -2.66. The molecule has 0 heterocycles. The van der Waals surface area contributed by atoms with Gasteiger partial charge in [-0.25, -0.2) is 0 Å². The number of carbonyl (C=O) groups excluding carboxylic acids is 3. The van der Waals surface area contributed by atoms with Gasteiger partial charge in [0.05, 0.1) is 11.6 Å². The molecule has 3 aliphatic carbocycles. The number of phenols is 1. The van der Waals surface area contributed by atoms with E-state index in [2.05, 4.69) is 10.5 Å². The zero-order chi connectivity index (χ0) is 25.1. The average Bonchev–Trinajstić information content (AvgIpc) is 2.76. The van der Waals surface area contributed by atoms with Crippen molar-refractivity contribution in [3.8, 4) is 5.75 Å². The molecule has 180 valence electrons. The van der Waals surface area contributed by atoms with Gasteiger partial charge in [0.1, 0.15) is 22.8 Å². The lowest BCUT2D eigenvalue weighted by atomic mass is 9.58. The molecule has 0 saturated heterocycles. The van der Waals surface area contributed by atoms with E-state index in [1.165, 1.54) is 11.0 Å².